The maximum atomic E-state index is 11.8. The molecule has 0 heterocycles. The SMILES string of the molecule is CC(=O)Nc1ccc(/C(C)=N/OCC(=O)NCc2ccc(C)cc2)cc1. The highest BCUT2D eigenvalue weighted by molar-refractivity contribution is 5.99. The predicted molar refractivity (Wildman–Crippen MR) is 102 cm³/mol. The smallest absolute Gasteiger partial charge is 0.261 e. The third-order valence-electron chi connectivity index (χ3n) is 3.63. The molecule has 0 saturated carbocycles. The first-order valence-corrected chi connectivity index (χ1v) is 8.31. The molecule has 2 rings (SSSR count). The van der Waals surface area contributed by atoms with Gasteiger partial charge in [0.05, 0.1) is 5.71 Å². The summed E-state index contributed by atoms with van der Waals surface area (Å²) in [6.45, 7) is 5.57. The molecule has 0 aliphatic rings. The highest BCUT2D eigenvalue weighted by Crippen LogP contribution is 2.10. The Hall–Kier alpha value is -3.15. The van der Waals surface area contributed by atoms with Crippen molar-refractivity contribution in [3.05, 3.63) is 65.2 Å². The van der Waals surface area contributed by atoms with Crippen molar-refractivity contribution in [1.29, 1.82) is 0 Å². The fourth-order valence-corrected chi connectivity index (χ4v) is 2.20. The van der Waals surface area contributed by atoms with Crippen molar-refractivity contribution in [1.82, 2.24) is 5.32 Å². The van der Waals surface area contributed by atoms with E-state index in [1.54, 1.807) is 19.1 Å². The van der Waals surface area contributed by atoms with E-state index < -0.39 is 0 Å². The second-order valence-electron chi connectivity index (χ2n) is 5.97. The molecule has 2 amide bonds. The summed E-state index contributed by atoms with van der Waals surface area (Å²) in [6, 6.07) is 15.2. The first kappa shape index (κ1) is 19.2. The molecule has 0 unspecified atom stereocenters. The van der Waals surface area contributed by atoms with E-state index in [1.807, 2.05) is 43.3 Å². The van der Waals surface area contributed by atoms with Crippen molar-refractivity contribution < 1.29 is 14.4 Å². The van der Waals surface area contributed by atoms with Gasteiger partial charge in [-0.05, 0) is 37.1 Å². The predicted octanol–water partition coefficient (Wildman–Crippen LogP) is 3.01. The molecule has 2 N–H and O–H groups in total. The number of aryl methyl sites for hydroxylation is 1. The third kappa shape index (κ3) is 6.39. The Kier molecular flexibility index (Phi) is 6.91. The summed E-state index contributed by atoms with van der Waals surface area (Å²) in [6.07, 6.45) is 0. The fourth-order valence-electron chi connectivity index (χ4n) is 2.20. The standard InChI is InChI=1S/C20H23N3O3/c1-14-4-6-17(7-5-14)12-21-20(25)13-26-23-15(2)18-8-10-19(11-9-18)22-16(3)24/h4-11H,12-13H2,1-3H3,(H,21,25)(H,22,24)/b23-15+. The van der Waals surface area contributed by atoms with Crippen molar-refractivity contribution in [2.24, 2.45) is 5.16 Å². The molecule has 136 valence electrons. The molecule has 0 bridgehead atoms. The number of carbonyl (C=O) groups is 2. The summed E-state index contributed by atoms with van der Waals surface area (Å²) in [4.78, 5) is 27.9. The number of nitrogens with zero attached hydrogens (tertiary/aromatic N) is 1. The van der Waals surface area contributed by atoms with E-state index in [-0.39, 0.29) is 18.4 Å². The molecule has 26 heavy (non-hydrogen) atoms. The zero-order chi connectivity index (χ0) is 18.9. The van der Waals surface area contributed by atoms with Crippen LogP contribution in [0.5, 0.6) is 0 Å². The average molecular weight is 353 g/mol. The quantitative estimate of drug-likeness (QED) is 0.593. The lowest BCUT2D eigenvalue weighted by Crippen LogP contribution is -2.26. The first-order chi connectivity index (χ1) is 12.4. The summed E-state index contributed by atoms with van der Waals surface area (Å²) in [5.74, 6) is -0.355. The Bertz CT molecular complexity index is 781. The molecule has 2 aromatic rings. The Labute approximate surface area is 153 Å². The van der Waals surface area contributed by atoms with Crippen LogP contribution >= 0.6 is 0 Å². The number of amides is 2. The van der Waals surface area contributed by atoms with E-state index in [9.17, 15) is 9.59 Å². The van der Waals surface area contributed by atoms with Crippen LogP contribution in [0.15, 0.2) is 53.7 Å². The van der Waals surface area contributed by atoms with Gasteiger partial charge in [-0.3, -0.25) is 9.59 Å². The largest absolute Gasteiger partial charge is 0.385 e. The summed E-state index contributed by atoms with van der Waals surface area (Å²) in [5.41, 5.74) is 4.41. The van der Waals surface area contributed by atoms with Crippen LogP contribution in [0.1, 0.15) is 30.5 Å². The molecule has 0 aliphatic heterocycles. The number of hydrogen-bond acceptors (Lipinski definition) is 4. The van der Waals surface area contributed by atoms with Crippen LogP contribution in [0.4, 0.5) is 5.69 Å². The molecule has 0 saturated heterocycles. The maximum Gasteiger partial charge on any atom is 0.261 e. The summed E-state index contributed by atoms with van der Waals surface area (Å²) < 4.78 is 0. The van der Waals surface area contributed by atoms with Gasteiger partial charge in [0.15, 0.2) is 6.61 Å². The Balaban J connectivity index is 1.78. The zero-order valence-corrected chi connectivity index (χ0v) is 15.2. The lowest BCUT2D eigenvalue weighted by molar-refractivity contribution is -0.125. The lowest BCUT2D eigenvalue weighted by atomic mass is 10.1. The highest BCUT2D eigenvalue weighted by atomic mass is 16.6. The van der Waals surface area contributed by atoms with Gasteiger partial charge in [0, 0.05) is 19.2 Å². The summed E-state index contributed by atoms with van der Waals surface area (Å²) >= 11 is 0. The second-order valence-corrected chi connectivity index (χ2v) is 5.97. The Morgan fingerprint density at radius 2 is 1.65 bits per heavy atom. The van der Waals surface area contributed by atoms with Gasteiger partial charge in [0.25, 0.3) is 5.91 Å². The first-order valence-electron chi connectivity index (χ1n) is 8.31. The van der Waals surface area contributed by atoms with E-state index in [0.29, 0.717) is 17.9 Å². The van der Waals surface area contributed by atoms with Crippen LogP contribution in [0.3, 0.4) is 0 Å². The number of benzene rings is 2. The molecule has 6 heteroatoms. The monoisotopic (exact) mass is 353 g/mol. The molecule has 2 aromatic carbocycles. The Morgan fingerprint density at radius 1 is 1.00 bits per heavy atom. The molecule has 0 radical (unpaired) electrons. The van der Waals surface area contributed by atoms with Gasteiger partial charge in [-0.1, -0.05) is 47.1 Å². The number of anilines is 1. The van der Waals surface area contributed by atoms with E-state index in [1.165, 1.54) is 12.5 Å². The van der Waals surface area contributed by atoms with Crippen molar-refractivity contribution in [3.8, 4) is 0 Å². The topological polar surface area (TPSA) is 79.8 Å². The zero-order valence-electron chi connectivity index (χ0n) is 15.2. The fraction of sp³-hybridized carbons (Fsp3) is 0.250. The van der Waals surface area contributed by atoms with Crippen LogP contribution in [-0.2, 0) is 21.0 Å². The number of carbonyl (C=O) groups excluding carboxylic acids is 2. The van der Waals surface area contributed by atoms with Gasteiger partial charge in [0.2, 0.25) is 5.91 Å². The molecular weight excluding hydrogens is 330 g/mol. The molecule has 0 aliphatic carbocycles. The highest BCUT2D eigenvalue weighted by Gasteiger charge is 2.03. The average Bonchev–Trinajstić information content (AvgIpc) is 2.61. The van der Waals surface area contributed by atoms with E-state index in [0.717, 1.165) is 11.1 Å². The molecular formula is C20H23N3O3. The Morgan fingerprint density at radius 3 is 2.27 bits per heavy atom. The van der Waals surface area contributed by atoms with Crippen LogP contribution in [0.25, 0.3) is 0 Å². The summed E-state index contributed by atoms with van der Waals surface area (Å²) in [5, 5.41) is 9.44. The molecule has 0 atom stereocenters. The van der Waals surface area contributed by atoms with Gasteiger partial charge in [-0.15, -0.1) is 0 Å². The number of nitrogens with one attached hydrogen (secondary N) is 2. The van der Waals surface area contributed by atoms with Crippen molar-refractivity contribution in [2.45, 2.75) is 27.3 Å². The van der Waals surface area contributed by atoms with E-state index >= 15 is 0 Å². The van der Waals surface area contributed by atoms with Crippen molar-refractivity contribution >= 4 is 23.2 Å². The van der Waals surface area contributed by atoms with Gasteiger partial charge in [0.1, 0.15) is 0 Å². The number of hydrogen-bond donors (Lipinski definition) is 2. The minimum atomic E-state index is -0.233. The molecule has 0 aromatic heterocycles. The normalized spacial score (nSPS) is 11.0. The van der Waals surface area contributed by atoms with E-state index in [4.69, 9.17) is 4.84 Å². The van der Waals surface area contributed by atoms with Gasteiger partial charge in [-0.2, -0.15) is 0 Å². The number of rotatable bonds is 7. The van der Waals surface area contributed by atoms with Crippen LogP contribution < -0.4 is 10.6 Å². The van der Waals surface area contributed by atoms with Gasteiger partial charge >= 0.3 is 0 Å². The molecule has 0 fully saturated rings. The lowest BCUT2D eigenvalue weighted by Gasteiger charge is -2.06. The molecule has 6 nitrogen and oxygen atoms in total. The summed E-state index contributed by atoms with van der Waals surface area (Å²) in [7, 11) is 0. The van der Waals surface area contributed by atoms with E-state index in [2.05, 4.69) is 15.8 Å². The minimum Gasteiger partial charge on any atom is -0.385 e. The van der Waals surface area contributed by atoms with Crippen LogP contribution in [0.2, 0.25) is 0 Å². The third-order valence-corrected chi connectivity index (χ3v) is 3.63. The van der Waals surface area contributed by atoms with Gasteiger partial charge in [-0.25, -0.2) is 0 Å². The van der Waals surface area contributed by atoms with Crippen molar-refractivity contribution in [2.75, 3.05) is 11.9 Å². The van der Waals surface area contributed by atoms with Crippen LogP contribution in [0, 0.1) is 6.92 Å². The maximum absolute atomic E-state index is 11.8. The van der Waals surface area contributed by atoms with Crippen LogP contribution in [-0.4, -0.2) is 24.1 Å². The number of oxime groups is 1. The van der Waals surface area contributed by atoms with Gasteiger partial charge < -0.3 is 15.5 Å². The molecule has 0 spiro atoms. The minimum absolute atomic E-state index is 0.122. The van der Waals surface area contributed by atoms with Crippen molar-refractivity contribution in [3.63, 3.8) is 0 Å². The second kappa shape index (κ2) is 9.36.